The monoisotopic (exact) mass is 414 g/mol. The summed E-state index contributed by atoms with van der Waals surface area (Å²) in [5, 5.41) is 1.23. The Morgan fingerprint density at radius 2 is 2.00 bits per heavy atom. The van der Waals surface area contributed by atoms with Gasteiger partial charge >= 0.3 is 0 Å². The molecule has 0 fully saturated rings. The smallest absolute Gasteiger partial charge is 0.252 e. The molecule has 0 unspecified atom stereocenters. The SMILES string of the molecule is CCC(=S)Cc1ccc(Oc2ccnc3cc(OC)c(C(N)=O)cc23)cc1Cl. The number of primary amides is 1. The summed E-state index contributed by atoms with van der Waals surface area (Å²) in [4.78, 5) is 17.0. The lowest BCUT2D eigenvalue weighted by Gasteiger charge is -2.13. The van der Waals surface area contributed by atoms with Crippen molar-refractivity contribution >= 4 is 45.5 Å². The van der Waals surface area contributed by atoms with Gasteiger partial charge in [-0.05, 0) is 41.1 Å². The predicted octanol–water partition coefficient (Wildman–Crippen LogP) is 5.11. The van der Waals surface area contributed by atoms with Crippen LogP contribution in [-0.2, 0) is 6.42 Å². The van der Waals surface area contributed by atoms with Crippen molar-refractivity contribution < 1.29 is 14.3 Å². The maximum absolute atomic E-state index is 11.7. The van der Waals surface area contributed by atoms with Gasteiger partial charge in [0.15, 0.2) is 0 Å². The van der Waals surface area contributed by atoms with Crippen LogP contribution in [0.15, 0.2) is 42.6 Å². The van der Waals surface area contributed by atoms with Gasteiger partial charge in [0.1, 0.15) is 17.2 Å². The first-order chi connectivity index (χ1) is 13.4. The van der Waals surface area contributed by atoms with E-state index < -0.39 is 5.91 Å². The first-order valence-electron chi connectivity index (χ1n) is 8.67. The summed E-state index contributed by atoms with van der Waals surface area (Å²) in [5.41, 5.74) is 7.30. The van der Waals surface area contributed by atoms with Gasteiger partial charge in [-0.15, -0.1) is 0 Å². The number of halogens is 1. The maximum atomic E-state index is 11.7. The molecule has 0 atom stereocenters. The molecule has 0 aliphatic carbocycles. The fourth-order valence-electron chi connectivity index (χ4n) is 2.80. The molecule has 0 saturated carbocycles. The van der Waals surface area contributed by atoms with Crippen LogP contribution < -0.4 is 15.2 Å². The van der Waals surface area contributed by atoms with E-state index >= 15 is 0 Å². The number of nitrogens with zero attached hydrogens (tertiary/aromatic N) is 1. The van der Waals surface area contributed by atoms with Gasteiger partial charge in [-0.1, -0.05) is 36.8 Å². The van der Waals surface area contributed by atoms with Gasteiger partial charge < -0.3 is 15.2 Å². The van der Waals surface area contributed by atoms with Gasteiger partial charge in [0.25, 0.3) is 5.91 Å². The van der Waals surface area contributed by atoms with Gasteiger partial charge in [0, 0.05) is 29.1 Å². The van der Waals surface area contributed by atoms with E-state index in [1.807, 2.05) is 19.1 Å². The van der Waals surface area contributed by atoms with E-state index in [1.165, 1.54) is 7.11 Å². The van der Waals surface area contributed by atoms with E-state index in [2.05, 4.69) is 4.98 Å². The Bertz CT molecular complexity index is 1070. The van der Waals surface area contributed by atoms with Gasteiger partial charge in [0.2, 0.25) is 0 Å². The summed E-state index contributed by atoms with van der Waals surface area (Å²) in [6.45, 7) is 2.03. The summed E-state index contributed by atoms with van der Waals surface area (Å²) in [5.74, 6) is 0.875. The van der Waals surface area contributed by atoms with E-state index in [4.69, 9.17) is 39.0 Å². The van der Waals surface area contributed by atoms with Crippen molar-refractivity contribution in [3.05, 3.63) is 58.7 Å². The second kappa shape index (κ2) is 8.54. The normalized spacial score (nSPS) is 10.7. The van der Waals surface area contributed by atoms with Crippen LogP contribution in [0.1, 0.15) is 29.3 Å². The number of aromatic nitrogens is 1. The number of methoxy groups -OCH3 is 1. The number of ether oxygens (including phenoxy) is 2. The quantitative estimate of drug-likeness (QED) is 0.543. The molecule has 0 aliphatic rings. The molecule has 2 N–H and O–H groups in total. The molecule has 144 valence electrons. The highest BCUT2D eigenvalue weighted by Crippen LogP contribution is 2.34. The third kappa shape index (κ3) is 4.24. The molecule has 1 amide bonds. The zero-order valence-electron chi connectivity index (χ0n) is 15.5. The Hall–Kier alpha value is -2.70. The van der Waals surface area contributed by atoms with Crippen molar-refractivity contribution in [2.75, 3.05) is 7.11 Å². The van der Waals surface area contributed by atoms with E-state index in [-0.39, 0.29) is 5.56 Å². The van der Waals surface area contributed by atoms with E-state index in [0.29, 0.717) is 39.6 Å². The average molecular weight is 415 g/mol. The van der Waals surface area contributed by atoms with Crippen molar-refractivity contribution in [3.63, 3.8) is 0 Å². The Morgan fingerprint density at radius 3 is 2.64 bits per heavy atom. The van der Waals surface area contributed by atoms with Gasteiger partial charge in [-0.2, -0.15) is 0 Å². The number of rotatable bonds is 7. The Labute approximate surface area is 173 Å². The van der Waals surface area contributed by atoms with Crippen LogP contribution in [-0.4, -0.2) is 22.9 Å². The van der Waals surface area contributed by atoms with Crippen molar-refractivity contribution in [1.82, 2.24) is 4.98 Å². The van der Waals surface area contributed by atoms with Crippen LogP contribution in [0, 0.1) is 0 Å². The summed E-state index contributed by atoms with van der Waals surface area (Å²) < 4.78 is 11.2. The van der Waals surface area contributed by atoms with Gasteiger partial charge in [0.05, 0.1) is 18.2 Å². The fraction of sp³-hybridized carbons (Fsp3) is 0.190. The van der Waals surface area contributed by atoms with Crippen LogP contribution in [0.2, 0.25) is 5.02 Å². The third-order valence-corrected chi connectivity index (χ3v) is 5.11. The minimum absolute atomic E-state index is 0.259. The molecule has 2 aromatic carbocycles. The van der Waals surface area contributed by atoms with Crippen molar-refractivity contribution in [3.8, 4) is 17.2 Å². The molecular formula is C21H19ClN2O3S. The predicted molar refractivity (Wildman–Crippen MR) is 115 cm³/mol. The molecule has 0 spiro atoms. The Morgan fingerprint density at radius 1 is 1.21 bits per heavy atom. The summed E-state index contributed by atoms with van der Waals surface area (Å²) in [6.07, 6.45) is 3.11. The average Bonchev–Trinajstić information content (AvgIpc) is 2.69. The molecule has 1 heterocycles. The number of fused-ring (bicyclic) bond motifs is 1. The van der Waals surface area contributed by atoms with Crippen molar-refractivity contribution in [1.29, 1.82) is 0 Å². The maximum Gasteiger partial charge on any atom is 0.252 e. The number of carbonyl (C=O) groups is 1. The number of thiocarbonyl (C=S) groups is 1. The van der Waals surface area contributed by atoms with Crippen LogP contribution in [0.4, 0.5) is 0 Å². The van der Waals surface area contributed by atoms with E-state index in [9.17, 15) is 4.79 Å². The lowest BCUT2D eigenvalue weighted by atomic mass is 10.1. The van der Waals surface area contributed by atoms with Gasteiger partial charge in [-0.3, -0.25) is 9.78 Å². The molecule has 0 radical (unpaired) electrons. The first-order valence-corrected chi connectivity index (χ1v) is 9.46. The van der Waals surface area contributed by atoms with Crippen LogP contribution in [0.5, 0.6) is 17.2 Å². The largest absolute Gasteiger partial charge is 0.496 e. The topological polar surface area (TPSA) is 74.4 Å². The highest BCUT2D eigenvalue weighted by molar-refractivity contribution is 7.80. The van der Waals surface area contributed by atoms with E-state index in [0.717, 1.165) is 16.8 Å². The van der Waals surface area contributed by atoms with Crippen molar-refractivity contribution in [2.24, 2.45) is 5.73 Å². The Balaban J connectivity index is 1.98. The summed E-state index contributed by atoms with van der Waals surface area (Å²) in [6, 6.07) is 10.5. The highest BCUT2D eigenvalue weighted by atomic mass is 35.5. The van der Waals surface area contributed by atoms with Crippen molar-refractivity contribution in [2.45, 2.75) is 19.8 Å². The number of pyridine rings is 1. The number of hydrogen-bond donors (Lipinski definition) is 1. The Kier molecular flexibility index (Phi) is 6.11. The molecule has 5 nitrogen and oxygen atoms in total. The molecule has 7 heteroatoms. The minimum atomic E-state index is -0.590. The summed E-state index contributed by atoms with van der Waals surface area (Å²) >= 11 is 11.7. The van der Waals surface area contributed by atoms with Gasteiger partial charge in [-0.25, -0.2) is 0 Å². The number of carbonyl (C=O) groups excluding carboxylic acids is 1. The summed E-state index contributed by atoms with van der Waals surface area (Å²) in [7, 11) is 1.47. The van der Waals surface area contributed by atoms with Crippen LogP contribution >= 0.6 is 23.8 Å². The third-order valence-electron chi connectivity index (χ3n) is 4.32. The number of nitrogens with two attached hydrogens (primary N) is 1. The lowest BCUT2D eigenvalue weighted by Crippen LogP contribution is -2.12. The molecule has 28 heavy (non-hydrogen) atoms. The molecule has 1 aromatic heterocycles. The number of hydrogen-bond acceptors (Lipinski definition) is 5. The molecule has 3 rings (SSSR count). The molecule has 0 bridgehead atoms. The van der Waals surface area contributed by atoms with E-state index in [1.54, 1.807) is 30.5 Å². The standard InChI is InChI=1S/C21H19ClN2O3S/c1-3-14(28)8-12-4-5-13(9-17(12)22)27-19-6-7-24-18-11-20(26-2)16(21(23)25)10-15(18)19/h4-7,9-11H,3,8H2,1-2H3,(H2,23,25). The molecule has 0 saturated heterocycles. The second-order valence-corrected chi connectivity index (χ2v) is 7.15. The molecule has 3 aromatic rings. The minimum Gasteiger partial charge on any atom is -0.496 e. The molecule has 0 aliphatic heterocycles. The lowest BCUT2D eigenvalue weighted by molar-refractivity contribution is 0.0997. The number of benzene rings is 2. The fourth-order valence-corrected chi connectivity index (χ4v) is 3.19. The van der Waals surface area contributed by atoms with Crippen LogP contribution in [0.3, 0.4) is 0 Å². The zero-order chi connectivity index (χ0) is 20.3. The first kappa shape index (κ1) is 20.0. The van der Waals surface area contributed by atoms with Crippen LogP contribution in [0.25, 0.3) is 10.9 Å². The zero-order valence-corrected chi connectivity index (χ0v) is 17.1. The number of amides is 1. The highest BCUT2D eigenvalue weighted by Gasteiger charge is 2.15. The second-order valence-electron chi connectivity index (χ2n) is 6.17. The molecular weight excluding hydrogens is 396 g/mol.